The van der Waals surface area contributed by atoms with Crippen LogP contribution in [0.5, 0.6) is 0 Å². The molecule has 1 fully saturated rings. The molecule has 10 heavy (non-hydrogen) atoms. The Balaban J connectivity index is 2.50. The van der Waals surface area contributed by atoms with E-state index in [-0.39, 0.29) is 6.04 Å². The maximum Gasteiger partial charge on any atom is 0.407 e. The highest BCUT2D eigenvalue weighted by Gasteiger charge is 2.26. The minimum absolute atomic E-state index is 0.289. The zero-order valence-corrected chi connectivity index (χ0v) is 6.21. The molecule has 0 spiro atoms. The first-order valence-electron chi connectivity index (χ1n) is 3.75. The van der Waals surface area contributed by atoms with E-state index in [9.17, 15) is 4.79 Å². The second kappa shape index (κ2) is 2.90. The molecule has 0 bridgehead atoms. The summed E-state index contributed by atoms with van der Waals surface area (Å²) in [4.78, 5) is 12.0. The van der Waals surface area contributed by atoms with Crippen molar-refractivity contribution in [3.05, 3.63) is 0 Å². The van der Waals surface area contributed by atoms with Crippen molar-refractivity contribution >= 4 is 6.09 Å². The Morgan fingerprint density at radius 2 is 2.50 bits per heavy atom. The summed E-state index contributed by atoms with van der Waals surface area (Å²) in [5.41, 5.74) is 0. The molecule has 1 N–H and O–H groups in total. The Kier molecular flexibility index (Phi) is 2.14. The summed E-state index contributed by atoms with van der Waals surface area (Å²) in [5, 5.41) is 8.64. The van der Waals surface area contributed by atoms with Crippen LogP contribution in [0.4, 0.5) is 4.79 Å². The van der Waals surface area contributed by atoms with Gasteiger partial charge in [0.1, 0.15) is 0 Å². The van der Waals surface area contributed by atoms with Gasteiger partial charge in [-0.3, -0.25) is 0 Å². The molecule has 58 valence electrons. The van der Waals surface area contributed by atoms with E-state index in [4.69, 9.17) is 5.11 Å². The standard InChI is InChI=1S/C7H13NO2/c1-2-6-4-3-5-8(6)7(9)10/h6H,2-5H2,1H3,(H,9,10)/t6-/m1/s1. The van der Waals surface area contributed by atoms with E-state index in [1.807, 2.05) is 6.92 Å². The van der Waals surface area contributed by atoms with Gasteiger partial charge in [-0.05, 0) is 19.3 Å². The Morgan fingerprint density at radius 1 is 1.80 bits per heavy atom. The van der Waals surface area contributed by atoms with Crippen LogP contribution in [0.25, 0.3) is 0 Å². The van der Waals surface area contributed by atoms with Gasteiger partial charge in [-0.15, -0.1) is 0 Å². The lowest BCUT2D eigenvalue weighted by Gasteiger charge is -2.19. The summed E-state index contributed by atoms with van der Waals surface area (Å²) in [6, 6.07) is 0.289. The van der Waals surface area contributed by atoms with E-state index < -0.39 is 6.09 Å². The van der Waals surface area contributed by atoms with E-state index in [2.05, 4.69) is 0 Å². The van der Waals surface area contributed by atoms with Crippen molar-refractivity contribution in [3.8, 4) is 0 Å². The summed E-state index contributed by atoms with van der Waals surface area (Å²) < 4.78 is 0. The first kappa shape index (κ1) is 7.38. The average molecular weight is 143 g/mol. The number of carbonyl (C=O) groups is 1. The van der Waals surface area contributed by atoms with E-state index in [0.717, 1.165) is 25.8 Å². The van der Waals surface area contributed by atoms with Crippen LogP contribution < -0.4 is 0 Å². The molecule has 0 aromatic heterocycles. The Bertz CT molecular complexity index is 136. The van der Waals surface area contributed by atoms with Gasteiger partial charge in [0.25, 0.3) is 0 Å². The van der Waals surface area contributed by atoms with Crippen LogP contribution in [0, 0.1) is 0 Å². The van der Waals surface area contributed by atoms with Crippen molar-refractivity contribution < 1.29 is 9.90 Å². The SMILES string of the molecule is CC[C@@H]1CCCN1C(=O)O. The van der Waals surface area contributed by atoms with Crippen LogP contribution in [-0.2, 0) is 0 Å². The number of carboxylic acid groups (broad SMARTS) is 1. The summed E-state index contributed by atoms with van der Waals surface area (Å²) in [7, 11) is 0. The molecule has 1 rings (SSSR count). The first-order valence-corrected chi connectivity index (χ1v) is 3.75. The molecule has 1 atom stereocenters. The van der Waals surface area contributed by atoms with Crippen LogP contribution in [0.3, 0.4) is 0 Å². The molecular formula is C7H13NO2. The summed E-state index contributed by atoms with van der Waals surface area (Å²) >= 11 is 0. The van der Waals surface area contributed by atoms with Gasteiger partial charge in [0.2, 0.25) is 0 Å². The van der Waals surface area contributed by atoms with E-state index in [1.54, 1.807) is 4.90 Å². The number of hydrogen-bond acceptors (Lipinski definition) is 1. The lowest BCUT2D eigenvalue weighted by molar-refractivity contribution is 0.139. The van der Waals surface area contributed by atoms with Crippen molar-refractivity contribution in [1.29, 1.82) is 0 Å². The Labute approximate surface area is 60.6 Å². The molecule has 0 unspecified atom stereocenters. The molecule has 3 nitrogen and oxygen atoms in total. The van der Waals surface area contributed by atoms with Gasteiger partial charge in [0.05, 0.1) is 0 Å². The molecule has 0 saturated carbocycles. The molecular weight excluding hydrogens is 130 g/mol. The molecule has 1 heterocycles. The number of hydrogen-bond donors (Lipinski definition) is 1. The second-order valence-corrected chi connectivity index (χ2v) is 2.68. The quantitative estimate of drug-likeness (QED) is 0.604. The average Bonchev–Trinajstić information content (AvgIpc) is 2.33. The first-order chi connectivity index (χ1) is 4.75. The Hall–Kier alpha value is -0.730. The van der Waals surface area contributed by atoms with Crippen LogP contribution >= 0.6 is 0 Å². The molecule has 0 radical (unpaired) electrons. The van der Waals surface area contributed by atoms with Gasteiger partial charge in [-0.2, -0.15) is 0 Å². The van der Waals surface area contributed by atoms with Crippen LogP contribution in [-0.4, -0.2) is 28.7 Å². The topological polar surface area (TPSA) is 40.5 Å². The third-order valence-corrected chi connectivity index (χ3v) is 2.09. The third-order valence-electron chi connectivity index (χ3n) is 2.09. The minimum Gasteiger partial charge on any atom is -0.465 e. The largest absolute Gasteiger partial charge is 0.465 e. The predicted molar refractivity (Wildman–Crippen MR) is 38.0 cm³/mol. The zero-order chi connectivity index (χ0) is 7.56. The summed E-state index contributed by atoms with van der Waals surface area (Å²) in [6.07, 6.45) is 2.27. The van der Waals surface area contributed by atoms with Gasteiger partial charge in [-0.25, -0.2) is 4.79 Å². The lowest BCUT2D eigenvalue weighted by atomic mass is 10.2. The van der Waals surface area contributed by atoms with Crippen molar-refractivity contribution in [2.24, 2.45) is 0 Å². The van der Waals surface area contributed by atoms with Gasteiger partial charge in [0, 0.05) is 12.6 Å². The highest BCUT2D eigenvalue weighted by atomic mass is 16.4. The molecule has 3 heteroatoms. The van der Waals surface area contributed by atoms with Crippen LogP contribution in [0.2, 0.25) is 0 Å². The summed E-state index contributed by atoms with van der Waals surface area (Å²) in [6.45, 7) is 2.76. The molecule has 1 aliphatic heterocycles. The maximum absolute atomic E-state index is 10.5. The van der Waals surface area contributed by atoms with Crippen LogP contribution in [0.1, 0.15) is 26.2 Å². The zero-order valence-electron chi connectivity index (χ0n) is 6.21. The fraction of sp³-hybridized carbons (Fsp3) is 0.857. The van der Waals surface area contributed by atoms with Crippen LogP contribution in [0.15, 0.2) is 0 Å². The van der Waals surface area contributed by atoms with Crippen molar-refractivity contribution in [2.45, 2.75) is 32.2 Å². The normalized spacial score (nSPS) is 25.3. The maximum atomic E-state index is 10.5. The highest BCUT2D eigenvalue weighted by molar-refractivity contribution is 5.65. The van der Waals surface area contributed by atoms with Gasteiger partial charge < -0.3 is 10.0 Å². The Morgan fingerprint density at radius 3 is 2.90 bits per heavy atom. The van der Waals surface area contributed by atoms with E-state index >= 15 is 0 Å². The predicted octanol–water partition coefficient (Wildman–Crippen LogP) is 1.54. The lowest BCUT2D eigenvalue weighted by Crippen LogP contribution is -2.33. The fourth-order valence-corrected chi connectivity index (χ4v) is 1.51. The third kappa shape index (κ3) is 1.23. The minimum atomic E-state index is -0.760. The number of likely N-dealkylation sites (tertiary alicyclic amines) is 1. The molecule has 0 aromatic carbocycles. The smallest absolute Gasteiger partial charge is 0.407 e. The van der Waals surface area contributed by atoms with Gasteiger partial charge in [-0.1, -0.05) is 6.92 Å². The molecule has 1 amide bonds. The van der Waals surface area contributed by atoms with Gasteiger partial charge in [0.15, 0.2) is 0 Å². The van der Waals surface area contributed by atoms with E-state index in [1.165, 1.54) is 0 Å². The number of nitrogens with zero attached hydrogens (tertiary/aromatic N) is 1. The molecule has 1 saturated heterocycles. The van der Waals surface area contributed by atoms with Crippen molar-refractivity contribution in [3.63, 3.8) is 0 Å². The van der Waals surface area contributed by atoms with Crippen molar-refractivity contribution in [2.75, 3.05) is 6.54 Å². The molecule has 0 aromatic rings. The second-order valence-electron chi connectivity index (χ2n) is 2.68. The highest BCUT2D eigenvalue weighted by Crippen LogP contribution is 2.19. The molecule has 0 aliphatic carbocycles. The van der Waals surface area contributed by atoms with E-state index in [0.29, 0.717) is 0 Å². The number of rotatable bonds is 1. The monoisotopic (exact) mass is 143 g/mol. The fourth-order valence-electron chi connectivity index (χ4n) is 1.51. The molecule has 1 aliphatic rings. The van der Waals surface area contributed by atoms with Crippen molar-refractivity contribution in [1.82, 2.24) is 4.90 Å². The number of amides is 1. The van der Waals surface area contributed by atoms with Gasteiger partial charge >= 0.3 is 6.09 Å². The summed E-state index contributed by atoms with van der Waals surface area (Å²) in [5.74, 6) is 0.